The van der Waals surface area contributed by atoms with Crippen LogP contribution in [0.3, 0.4) is 0 Å². The van der Waals surface area contributed by atoms with Crippen LogP contribution in [0.1, 0.15) is 18.1 Å². The number of aromatic nitrogens is 1. The second-order valence-electron chi connectivity index (χ2n) is 6.30. The lowest BCUT2D eigenvalue weighted by molar-refractivity contribution is -0.114. The van der Waals surface area contributed by atoms with Crippen LogP contribution >= 0.6 is 0 Å². The quantitative estimate of drug-likeness (QED) is 0.593. The van der Waals surface area contributed by atoms with Gasteiger partial charge in [-0.05, 0) is 48.0 Å². The molecule has 0 spiro atoms. The van der Waals surface area contributed by atoms with Gasteiger partial charge in [0, 0.05) is 42.3 Å². The lowest BCUT2D eigenvalue weighted by Gasteiger charge is -2.06. The molecule has 0 radical (unpaired) electrons. The van der Waals surface area contributed by atoms with Gasteiger partial charge in [-0.25, -0.2) is 0 Å². The van der Waals surface area contributed by atoms with Gasteiger partial charge in [0.25, 0.3) is 0 Å². The highest BCUT2D eigenvalue weighted by atomic mass is 16.5. The minimum absolute atomic E-state index is 0.166. The van der Waals surface area contributed by atoms with Crippen molar-refractivity contribution in [1.29, 1.82) is 0 Å². The number of carbonyl (C=O) groups excluding carboxylic acids is 2. The molecule has 1 aromatic heterocycles. The Morgan fingerprint density at radius 3 is 2.45 bits per heavy atom. The monoisotopic (exact) mass is 387 g/mol. The minimum atomic E-state index is -0.262. The van der Waals surface area contributed by atoms with Crippen molar-refractivity contribution < 1.29 is 14.3 Å². The highest BCUT2D eigenvalue weighted by molar-refractivity contribution is 6.02. The third-order valence-electron chi connectivity index (χ3n) is 3.89. The maximum Gasteiger partial charge on any atom is 0.248 e. The second-order valence-corrected chi connectivity index (χ2v) is 6.30. The summed E-state index contributed by atoms with van der Waals surface area (Å²) in [7, 11) is 0. The standard InChI is InChI=1S/C23H21N3O3/c1-17(27)25-20-5-2-6-21(14-20)26-23(28)12-9-18-7-10-22(11-8-18)29-16-19-4-3-13-24-15-19/h2-15H,16H2,1H3,(H,25,27)(H,26,28)/b12-9+. The largest absolute Gasteiger partial charge is 0.489 e. The molecule has 6 nitrogen and oxygen atoms in total. The van der Waals surface area contributed by atoms with E-state index in [4.69, 9.17) is 4.74 Å². The van der Waals surface area contributed by atoms with Crippen LogP contribution in [-0.4, -0.2) is 16.8 Å². The number of benzene rings is 2. The molecule has 29 heavy (non-hydrogen) atoms. The van der Waals surface area contributed by atoms with Crippen LogP contribution in [0.2, 0.25) is 0 Å². The molecule has 1 heterocycles. The highest BCUT2D eigenvalue weighted by Gasteiger charge is 2.01. The number of nitrogens with zero attached hydrogens (tertiary/aromatic N) is 1. The molecule has 0 unspecified atom stereocenters. The molecule has 2 aromatic carbocycles. The number of rotatable bonds is 7. The third-order valence-corrected chi connectivity index (χ3v) is 3.89. The van der Waals surface area contributed by atoms with Gasteiger partial charge in [0.2, 0.25) is 11.8 Å². The van der Waals surface area contributed by atoms with Crippen molar-refractivity contribution in [3.8, 4) is 5.75 Å². The van der Waals surface area contributed by atoms with Crippen molar-refractivity contribution in [1.82, 2.24) is 4.98 Å². The molecule has 2 amide bonds. The number of hydrogen-bond acceptors (Lipinski definition) is 4. The first kappa shape index (κ1) is 19.8. The Balaban J connectivity index is 1.53. The van der Waals surface area contributed by atoms with Crippen molar-refractivity contribution >= 4 is 29.3 Å². The summed E-state index contributed by atoms with van der Waals surface area (Å²) in [5, 5.41) is 5.45. The molecule has 0 aliphatic carbocycles. The number of pyridine rings is 1. The molecule has 0 atom stereocenters. The molecule has 2 N–H and O–H groups in total. The van der Waals surface area contributed by atoms with Crippen LogP contribution < -0.4 is 15.4 Å². The van der Waals surface area contributed by atoms with E-state index in [9.17, 15) is 9.59 Å². The van der Waals surface area contributed by atoms with Crippen LogP contribution in [0.5, 0.6) is 5.75 Å². The summed E-state index contributed by atoms with van der Waals surface area (Å²) in [6.07, 6.45) is 6.66. The van der Waals surface area contributed by atoms with Crippen LogP contribution in [0.4, 0.5) is 11.4 Å². The van der Waals surface area contributed by atoms with E-state index < -0.39 is 0 Å². The van der Waals surface area contributed by atoms with Gasteiger partial charge in [-0.15, -0.1) is 0 Å². The van der Waals surface area contributed by atoms with E-state index in [-0.39, 0.29) is 11.8 Å². The van der Waals surface area contributed by atoms with Crippen molar-refractivity contribution in [2.45, 2.75) is 13.5 Å². The van der Waals surface area contributed by atoms with Gasteiger partial charge in [0.15, 0.2) is 0 Å². The lowest BCUT2D eigenvalue weighted by atomic mass is 10.2. The van der Waals surface area contributed by atoms with Crippen molar-refractivity contribution in [3.63, 3.8) is 0 Å². The molecule has 0 saturated carbocycles. The van der Waals surface area contributed by atoms with Gasteiger partial charge in [0.05, 0.1) is 0 Å². The van der Waals surface area contributed by atoms with Crippen LogP contribution in [0.25, 0.3) is 6.08 Å². The van der Waals surface area contributed by atoms with Gasteiger partial charge in [-0.1, -0.05) is 24.3 Å². The summed E-state index contributed by atoms with van der Waals surface area (Å²) in [5.41, 5.74) is 3.10. The van der Waals surface area contributed by atoms with E-state index in [0.29, 0.717) is 18.0 Å². The van der Waals surface area contributed by atoms with Gasteiger partial charge < -0.3 is 15.4 Å². The summed E-state index contributed by atoms with van der Waals surface area (Å²) in [6, 6.07) is 18.2. The number of carbonyl (C=O) groups is 2. The average Bonchev–Trinajstić information content (AvgIpc) is 2.72. The number of nitrogens with one attached hydrogen (secondary N) is 2. The predicted octanol–water partition coefficient (Wildman–Crippen LogP) is 4.27. The molecule has 6 heteroatoms. The fourth-order valence-electron chi connectivity index (χ4n) is 2.56. The summed E-state index contributed by atoms with van der Waals surface area (Å²) in [6.45, 7) is 1.88. The molecule has 146 valence electrons. The summed E-state index contributed by atoms with van der Waals surface area (Å²) >= 11 is 0. The van der Waals surface area contributed by atoms with Crippen molar-refractivity contribution in [3.05, 3.63) is 90.3 Å². The third kappa shape index (κ3) is 6.62. The maximum atomic E-state index is 12.1. The molecule has 0 fully saturated rings. The smallest absolute Gasteiger partial charge is 0.248 e. The van der Waals surface area contributed by atoms with E-state index in [2.05, 4.69) is 15.6 Å². The van der Waals surface area contributed by atoms with Crippen molar-refractivity contribution in [2.75, 3.05) is 10.6 Å². The Morgan fingerprint density at radius 1 is 1.00 bits per heavy atom. The Kier molecular flexibility index (Phi) is 6.73. The highest BCUT2D eigenvalue weighted by Crippen LogP contribution is 2.16. The van der Waals surface area contributed by atoms with E-state index in [1.165, 1.54) is 13.0 Å². The fraction of sp³-hybridized carbons (Fsp3) is 0.0870. The average molecular weight is 387 g/mol. The van der Waals surface area contributed by atoms with Gasteiger partial charge in [0.1, 0.15) is 12.4 Å². The zero-order chi connectivity index (χ0) is 20.5. The predicted molar refractivity (Wildman–Crippen MR) is 113 cm³/mol. The minimum Gasteiger partial charge on any atom is -0.489 e. The molecule has 0 bridgehead atoms. The molecule has 0 saturated heterocycles. The van der Waals surface area contributed by atoms with Gasteiger partial charge in [-0.3, -0.25) is 14.6 Å². The fourth-order valence-corrected chi connectivity index (χ4v) is 2.56. The van der Waals surface area contributed by atoms with Gasteiger partial charge >= 0.3 is 0 Å². The first-order valence-electron chi connectivity index (χ1n) is 9.07. The molecular weight excluding hydrogens is 366 g/mol. The first-order chi connectivity index (χ1) is 14.1. The Morgan fingerprint density at radius 2 is 1.76 bits per heavy atom. The molecule has 0 aliphatic heterocycles. The van der Waals surface area contributed by atoms with Gasteiger partial charge in [-0.2, -0.15) is 0 Å². The Hall–Kier alpha value is -3.93. The van der Waals surface area contributed by atoms with E-state index in [0.717, 1.165) is 16.9 Å². The van der Waals surface area contributed by atoms with E-state index in [1.807, 2.05) is 36.4 Å². The van der Waals surface area contributed by atoms with E-state index in [1.54, 1.807) is 42.7 Å². The number of anilines is 2. The first-order valence-corrected chi connectivity index (χ1v) is 9.07. The van der Waals surface area contributed by atoms with E-state index >= 15 is 0 Å². The zero-order valence-electron chi connectivity index (χ0n) is 16.0. The summed E-state index contributed by atoms with van der Waals surface area (Å²) < 4.78 is 5.72. The molecular formula is C23H21N3O3. The van der Waals surface area contributed by atoms with Crippen LogP contribution in [0.15, 0.2) is 79.1 Å². The van der Waals surface area contributed by atoms with Crippen LogP contribution in [0, 0.1) is 0 Å². The van der Waals surface area contributed by atoms with Crippen molar-refractivity contribution in [2.24, 2.45) is 0 Å². The normalized spacial score (nSPS) is 10.5. The second kappa shape index (κ2) is 9.85. The Labute approximate surface area is 169 Å². The maximum absolute atomic E-state index is 12.1. The molecule has 3 rings (SSSR count). The number of hydrogen-bond donors (Lipinski definition) is 2. The zero-order valence-corrected chi connectivity index (χ0v) is 16.0. The Bertz CT molecular complexity index is 999. The molecule has 0 aliphatic rings. The summed E-state index contributed by atoms with van der Waals surface area (Å²) in [4.78, 5) is 27.3. The molecule has 3 aromatic rings. The number of amides is 2. The van der Waals surface area contributed by atoms with Crippen LogP contribution in [-0.2, 0) is 16.2 Å². The SMILES string of the molecule is CC(=O)Nc1cccc(NC(=O)/C=C/c2ccc(OCc3cccnc3)cc2)c1. The summed E-state index contributed by atoms with van der Waals surface area (Å²) in [5.74, 6) is 0.313. The number of ether oxygens (including phenoxy) is 1. The lowest BCUT2D eigenvalue weighted by Crippen LogP contribution is -2.09. The topological polar surface area (TPSA) is 80.3 Å².